The van der Waals surface area contributed by atoms with E-state index in [2.05, 4.69) is 52.3 Å². The zero-order chi connectivity index (χ0) is 94.1. The minimum absolute atomic E-state index is 0.0199. The molecule has 11 bridgehead atoms. The topological polar surface area (TPSA) is 624 Å². The van der Waals surface area contributed by atoms with E-state index in [1.54, 1.807) is 26.0 Å². The minimum Gasteiger partial charge on any atom is -0.508 e. The van der Waals surface area contributed by atoms with Gasteiger partial charge in [-0.15, -0.1) is 13.2 Å². The van der Waals surface area contributed by atoms with Crippen molar-refractivity contribution in [2.45, 2.75) is 200 Å². The molecule has 24 N–H and O–H groups in total. The number of amides is 7. The number of ether oxygens (including phenoxy) is 9. The molecule has 9 heterocycles. The molecule has 3 saturated heterocycles. The van der Waals surface area contributed by atoms with E-state index in [-0.39, 0.29) is 43.0 Å². The first-order valence-corrected chi connectivity index (χ1v) is 41.4. The molecule has 0 radical (unpaired) electrons. The number of nitrogens with one attached hydrogen (secondary N) is 8. The van der Waals surface area contributed by atoms with Crippen molar-refractivity contribution in [3.8, 4) is 74.1 Å². The predicted molar refractivity (Wildman–Crippen MR) is 443 cm³/mol. The number of hydrogen-bond acceptors (Lipinski definition) is 32. The Morgan fingerprint density at radius 1 is 0.677 bits per heavy atom. The fraction of sp³-hybridized carbons (Fsp3) is 0.424. The second-order valence-corrected chi connectivity index (χ2v) is 33.4. The number of phenols is 3. The van der Waals surface area contributed by atoms with Crippen molar-refractivity contribution in [2.75, 3.05) is 20.2 Å². The molecule has 45 heteroatoms. The summed E-state index contributed by atoms with van der Waals surface area (Å²) in [5.74, 6) is -17.5. The summed E-state index contributed by atoms with van der Waals surface area (Å²) in [5, 5.41) is 159. The molecule has 698 valence electrons. The predicted octanol–water partition coefficient (Wildman–Crippen LogP) is 1.69. The van der Waals surface area contributed by atoms with Crippen LogP contribution in [0.25, 0.3) is 22.4 Å². The summed E-state index contributed by atoms with van der Waals surface area (Å²) in [6, 6.07) is 6.75. The first kappa shape index (κ1) is 96.1. The average Bonchev–Trinajstić information content (AvgIpc) is 0.760. The molecular formula is C85H94Cl2F3N11O29. The molecule has 0 spiro atoms. The Hall–Kier alpha value is -11.4. The first-order valence-electron chi connectivity index (χ1n) is 40.6. The largest absolute Gasteiger partial charge is 0.573 e. The number of fused-ring (bicyclic) bond motifs is 15. The number of aliphatic hydroxyl groups excluding tert-OH is 8. The Labute approximate surface area is 746 Å². The third kappa shape index (κ3) is 21.4. The number of primary amides is 1. The van der Waals surface area contributed by atoms with Crippen molar-refractivity contribution >= 4 is 70.5 Å². The molecule has 15 rings (SSSR count). The number of nitrogens with two attached hydrogens (primary N) is 2. The fourth-order valence-corrected chi connectivity index (χ4v) is 16.3. The maximum Gasteiger partial charge on any atom is 0.573 e. The maximum atomic E-state index is 16.4. The molecule has 8 aliphatic heterocycles. The molecule has 1 unspecified atom stereocenters. The number of aromatic nitrogens is 1. The van der Waals surface area contributed by atoms with Gasteiger partial charge in [0, 0.05) is 59.6 Å². The van der Waals surface area contributed by atoms with E-state index in [0.717, 1.165) is 78.9 Å². The van der Waals surface area contributed by atoms with E-state index in [4.69, 9.17) is 72.6 Å². The number of aromatic hydroxyl groups is 3. The second kappa shape index (κ2) is 39.7. The molecule has 40 nitrogen and oxygen atoms in total. The number of carboxylic acids is 1. The monoisotopic (exact) mass is 1860 g/mol. The van der Waals surface area contributed by atoms with Crippen LogP contribution in [0.5, 0.6) is 51.7 Å². The lowest BCUT2D eigenvalue weighted by atomic mass is 9.86. The third-order valence-electron chi connectivity index (χ3n) is 22.6. The Balaban J connectivity index is 0.939. The van der Waals surface area contributed by atoms with Gasteiger partial charge >= 0.3 is 12.3 Å². The van der Waals surface area contributed by atoms with Crippen LogP contribution >= 0.6 is 23.2 Å². The molecule has 0 aliphatic carbocycles. The van der Waals surface area contributed by atoms with Crippen LogP contribution in [0.3, 0.4) is 0 Å². The van der Waals surface area contributed by atoms with Gasteiger partial charge in [-0.25, -0.2) is 4.79 Å². The molecule has 130 heavy (non-hydrogen) atoms. The van der Waals surface area contributed by atoms with Crippen molar-refractivity contribution in [1.82, 2.24) is 47.5 Å². The van der Waals surface area contributed by atoms with Crippen LogP contribution in [0.15, 0.2) is 121 Å². The number of carbonyl (C=O) groups excluding carboxylic acids is 7. The molecule has 8 aliphatic rings. The van der Waals surface area contributed by atoms with Crippen LogP contribution in [-0.2, 0) is 68.6 Å². The SMILES string of the molecule is CN[C@H](CC(C)C)C(=O)NC1C(=O)N[C@@H](CC(N)=O)C(=O)N[C@H]2C(=O)N[C@@H]3C(=O)N[C@H](C(=O)N[C@H](C(=O)O)c4cc(O)cc(O)c4-c4cc3ccc4O)[C@H](O[C@H]3C[C@](C)(N)[C@@H](O)[C@H](C)O3)c3ccc(c(Cl)c3)Oc3cc2cc(c3O[C@@H]2O[C@H](CO)[C@@H](O[C@@H]3O[C@H](CNCc4ccc(-c5ccc(OC(F)(F)F)cc5)nc4)[C@H](O)[C@H](O)[C@H]3O)[C@H](O)[C@H]2O)Oc2ccc(cc2Cl)[C@H]1O. The number of carbonyl (C=O) groups is 8. The number of nitrogens with zero attached hydrogens (tertiary/aromatic N) is 1. The van der Waals surface area contributed by atoms with E-state index in [1.165, 1.54) is 51.4 Å². The Morgan fingerprint density at radius 3 is 1.92 bits per heavy atom. The highest BCUT2D eigenvalue weighted by atomic mass is 35.5. The summed E-state index contributed by atoms with van der Waals surface area (Å²) in [6.45, 7) is 5.05. The van der Waals surface area contributed by atoms with Gasteiger partial charge in [0.15, 0.2) is 30.1 Å². The lowest BCUT2D eigenvalue weighted by molar-refractivity contribution is -0.350. The van der Waals surface area contributed by atoms with Gasteiger partial charge < -0.3 is 158 Å². The van der Waals surface area contributed by atoms with E-state index >= 15 is 24.0 Å². The zero-order valence-electron chi connectivity index (χ0n) is 69.4. The van der Waals surface area contributed by atoms with Gasteiger partial charge in [0.2, 0.25) is 53.4 Å². The standard InChI is InChI=1S/C85H94Cl2F3N11O29/c1-32(2)18-47(93-5)75(114)100-63-65(107)37-10-16-51(44(86)20-37)123-53-22-39-23-54(72(53)128-83-70(112)68(110)73(56(31-102)126-83)129-82-69(111)67(109)66(108)55(125-82)30-94-28-34-6-14-46(95-29-34)35-7-12-41(13-8-35)130-85(88,89)90)124-52-17-11-38(21-45(52)87)71(127-58-27-84(4,92)74(113)33(3)122-58)64-80(119)99-62(81(120)121)43-24-40(103)25-50(105)59(43)42-19-36(9-15-49(42)104)60(77(116)101-64)98-78(117)61(39)97-76(115)48(26-57(91)106)96-79(63)118/h6-17,19-25,29,32-33,47-48,55-56,58,60-71,73-74,82-83,93-94,102-105,107-113H,18,26-28,30-31,92H2,1-5H3,(H2,91,106)(H,96,118)(H,97,115)(H,98,117)(H,99,119)(H,100,114)(H,101,116)(H,120,121)/t33-,47+,48-,55+,56+,58-,60-,61+,62-,63?,64-,65+,66-,67-,68+,69+,70+,71+,73+,74-,82-,83-,84-/m0/s1. The van der Waals surface area contributed by atoms with Crippen LogP contribution in [0.4, 0.5) is 13.2 Å². The highest BCUT2D eigenvalue weighted by Crippen LogP contribution is 2.51. The molecule has 23 atom stereocenters. The van der Waals surface area contributed by atoms with Crippen molar-refractivity contribution < 1.29 is 155 Å². The van der Waals surface area contributed by atoms with Crippen LogP contribution in [0.1, 0.15) is 111 Å². The number of rotatable bonds is 21. The third-order valence-corrected chi connectivity index (χ3v) is 23.2. The van der Waals surface area contributed by atoms with Gasteiger partial charge in [0.05, 0.1) is 47.0 Å². The number of carboxylic acid groups (broad SMARTS) is 1. The summed E-state index contributed by atoms with van der Waals surface area (Å²) in [4.78, 5) is 125. The van der Waals surface area contributed by atoms with Gasteiger partial charge in [0.1, 0.15) is 126 Å². The number of halogens is 5. The Kier molecular flexibility index (Phi) is 29.4. The average molecular weight is 1860 g/mol. The first-order chi connectivity index (χ1) is 61.5. The van der Waals surface area contributed by atoms with Gasteiger partial charge in [-0.2, -0.15) is 0 Å². The highest BCUT2D eigenvalue weighted by Gasteiger charge is 2.53. The molecule has 7 aromatic rings. The van der Waals surface area contributed by atoms with Gasteiger partial charge in [-0.3, -0.25) is 38.5 Å². The zero-order valence-corrected chi connectivity index (χ0v) is 70.9. The minimum atomic E-state index is -4.91. The normalized spacial score (nSPS) is 29.2. The lowest BCUT2D eigenvalue weighted by Gasteiger charge is -2.46. The second-order valence-electron chi connectivity index (χ2n) is 32.6. The summed E-state index contributed by atoms with van der Waals surface area (Å²) >= 11 is 14.5. The summed E-state index contributed by atoms with van der Waals surface area (Å²) in [7, 11) is 1.45. The van der Waals surface area contributed by atoms with Crippen LogP contribution in [0.2, 0.25) is 10.0 Å². The number of hydrogen-bond donors (Lipinski definition) is 22. The number of aliphatic carboxylic acids is 1. The molecular weight excluding hydrogens is 1770 g/mol. The summed E-state index contributed by atoms with van der Waals surface area (Å²) < 4.78 is 93.5. The molecule has 7 amide bonds. The van der Waals surface area contributed by atoms with Gasteiger partial charge in [0.25, 0.3) is 0 Å². The van der Waals surface area contributed by atoms with Gasteiger partial charge in [-0.05, 0) is 146 Å². The quantitative estimate of drug-likeness (QED) is 0.0487. The number of aliphatic hydroxyl groups is 8. The summed E-state index contributed by atoms with van der Waals surface area (Å²) in [5.41, 5.74) is 9.19. The Bertz CT molecular complexity index is 5400. The molecule has 6 aromatic carbocycles. The van der Waals surface area contributed by atoms with Crippen LogP contribution in [-0.4, -0.2) is 250 Å². The highest BCUT2D eigenvalue weighted by molar-refractivity contribution is 6.32. The van der Waals surface area contributed by atoms with Crippen molar-refractivity contribution in [3.05, 3.63) is 165 Å². The fourth-order valence-electron chi connectivity index (χ4n) is 15.9. The Morgan fingerprint density at radius 2 is 1.31 bits per heavy atom. The van der Waals surface area contributed by atoms with E-state index in [0.29, 0.717) is 16.8 Å². The van der Waals surface area contributed by atoms with E-state index in [1.807, 2.05) is 0 Å². The van der Waals surface area contributed by atoms with Crippen molar-refractivity contribution in [3.63, 3.8) is 0 Å². The van der Waals surface area contributed by atoms with E-state index < -0.39 is 296 Å². The molecule has 1 aromatic heterocycles. The number of phenolic OH excluding ortho intramolecular Hbond substituents is 3. The van der Waals surface area contributed by atoms with Crippen LogP contribution < -0.4 is 72.9 Å². The molecule has 3 fully saturated rings. The number of likely N-dealkylation sites (N-methyl/N-ethyl adjacent to an activating group) is 1. The van der Waals surface area contributed by atoms with Crippen molar-refractivity contribution in [2.24, 2.45) is 17.4 Å². The van der Waals surface area contributed by atoms with Gasteiger partial charge in [-0.1, -0.05) is 61.3 Å². The lowest BCUT2D eigenvalue weighted by Crippen LogP contribution is -2.65. The summed E-state index contributed by atoms with van der Waals surface area (Å²) in [6.07, 6.45) is -33.4. The molecule has 0 saturated carbocycles. The smallest absolute Gasteiger partial charge is 0.508 e. The van der Waals surface area contributed by atoms with Crippen LogP contribution in [0, 0.1) is 5.92 Å². The maximum absolute atomic E-state index is 16.4. The number of alkyl halides is 3. The number of benzene rings is 6. The van der Waals surface area contributed by atoms with Crippen molar-refractivity contribution in [1.29, 1.82) is 0 Å². The number of pyridine rings is 1. The van der Waals surface area contributed by atoms with E-state index in [9.17, 15) is 88.8 Å².